The van der Waals surface area contributed by atoms with E-state index in [1.807, 2.05) is 0 Å². The van der Waals surface area contributed by atoms with Gasteiger partial charge in [0.05, 0.1) is 145 Å². The van der Waals surface area contributed by atoms with E-state index < -0.39 is 131 Å². The molecular formula is C97H129N9O28. The number of alkyl carbamates (subject to hydrolysis) is 1. The maximum absolute atomic E-state index is 14.6. The maximum Gasteiger partial charge on any atom is 0.416 e. The third kappa shape index (κ3) is 34.2. The van der Waals surface area contributed by atoms with Crippen molar-refractivity contribution in [3.8, 4) is 29.1 Å². The molecule has 0 aromatic heterocycles. The first-order valence-electron chi connectivity index (χ1n) is 45.7. The highest BCUT2D eigenvalue weighted by molar-refractivity contribution is 6.08. The van der Waals surface area contributed by atoms with E-state index in [-0.39, 0.29) is 240 Å². The van der Waals surface area contributed by atoms with Crippen LogP contribution in [0.5, 0.6) is 17.2 Å². The molecule has 7 atom stereocenters. The third-order valence-electron chi connectivity index (χ3n) is 22.1. The summed E-state index contributed by atoms with van der Waals surface area (Å²) >= 11 is 0. The standard InChI is InChI=1S/C97H129N9O28/c1-62-50-79-92(118)106-78-57-82(63(2)51-74(78)91(117)104(79)58-62)129-38-17-39-130-84-56-77-75(55-83(84)122-11)90(116)103-35-14-18-71(103)59-105(77)94(120)131-60-66-24-28-70(29-25-66)101-89(115)68(54-87(113)133-96(5,6)7)53-81(110)76(21-12-13-34-98-93(119)134-97(8,9)10)102-86(112)33-41-126-45-49-128-47-43-124-37-16-20-73(108)31-30-72(107)19-15-36-123-42-46-127-48-44-125-40-32-85(111)99-65(4)80(109)52-64(3)88(114)100-69-26-22-67(23-27-69)61-132-95(106)121/h22-29,51,55-57,64-65,68,71,76,79,92,118H,1,12-21,32-50,52-54,58-61H2,2-11H3,(H,98,119)(H,99,111)(H,100,114)(H,101,115)(H,102,112)/t64-,65+,68+,71+,76+,79+,92?/m1/s1. The number of aliphatic hydroxyl groups excluding tert-OH is 1. The van der Waals surface area contributed by atoms with Gasteiger partial charge in [0.1, 0.15) is 30.2 Å². The number of esters is 1. The Bertz CT molecular complexity index is 4820. The second-order valence-corrected chi connectivity index (χ2v) is 35.4. The Labute approximate surface area is 781 Å². The predicted molar refractivity (Wildman–Crippen MR) is 489 cm³/mol. The van der Waals surface area contributed by atoms with Crippen molar-refractivity contribution in [1.29, 1.82) is 0 Å². The minimum atomic E-state index is -1.59. The molecular weight excluding hydrogens is 1740 g/mol. The normalized spacial score (nSPS) is 22.4. The van der Waals surface area contributed by atoms with Crippen LogP contribution in [0.4, 0.5) is 37.1 Å². The van der Waals surface area contributed by atoms with Gasteiger partial charge in [-0.15, -0.1) is 0 Å². The quantitative estimate of drug-likeness (QED) is 0.0238. The number of benzene rings is 4. The average molecular weight is 1870 g/mol. The van der Waals surface area contributed by atoms with Gasteiger partial charge in [-0.2, -0.15) is 0 Å². The minimum Gasteiger partial charge on any atom is -0.493 e. The van der Waals surface area contributed by atoms with Crippen LogP contribution < -0.4 is 50.6 Å². The highest BCUT2D eigenvalue weighted by Gasteiger charge is 2.47. The van der Waals surface area contributed by atoms with Gasteiger partial charge in [0.25, 0.3) is 11.8 Å². The third-order valence-corrected chi connectivity index (χ3v) is 22.1. The van der Waals surface area contributed by atoms with E-state index in [1.165, 1.54) is 36.0 Å². The SMILES string of the molecule is C=C1C[C@H]2C(O)N3C(=O)OCc4ccc(cc4)NC(=O)[C@H](C)CC(=O)[C@H](C)NC(=O)CCOCCOCCOCCCC(=O)C#CC(=O)CCCOCCOCCOCCC(=O)N[C@@H](CCCCNC(=O)OC(C)(C)C)C(=O)C[C@@H](CC(=O)OC(C)(C)C)C(=O)Nc4ccc(cc4)COC(=O)N4C[C@@H]5CCCN5C(=O)c5cc(OC)c(cc54)OCCCOc4cc3c(cc4C)C(=O)N2C1. The Morgan fingerprint density at radius 3 is 1.67 bits per heavy atom. The topological polar surface area (TPSA) is 452 Å². The Kier molecular flexibility index (Phi) is 41.6. The van der Waals surface area contributed by atoms with E-state index in [0.717, 1.165) is 4.90 Å². The second-order valence-electron chi connectivity index (χ2n) is 35.4. The number of aryl methyl sites for hydroxylation is 1. The van der Waals surface area contributed by atoms with Crippen molar-refractivity contribution in [2.24, 2.45) is 11.8 Å². The molecule has 11 rings (SSSR count). The van der Waals surface area contributed by atoms with E-state index in [4.69, 9.17) is 61.6 Å². The van der Waals surface area contributed by atoms with Crippen molar-refractivity contribution >= 4 is 106 Å². The van der Waals surface area contributed by atoms with E-state index in [9.17, 15) is 72.2 Å². The zero-order valence-corrected chi connectivity index (χ0v) is 78.4. The first-order valence-corrected chi connectivity index (χ1v) is 45.7. The fraction of sp³-hybridized carbons (Fsp3) is 0.567. The number of amides is 9. The summed E-state index contributed by atoms with van der Waals surface area (Å²) in [5.74, 6) is -2.07. The molecule has 7 heterocycles. The molecule has 9 amide bonds. The highest BCUT2D eigenvalue weighted by Crippen LogP contribution is 2.42. The van der Waals surface area contributed by atoms with Crippen LogP contribution in [-0.2, 0) is 104 Å². The van der Waals surface area contributed by atoms with Crippen molar-refractivity contribution in [3.05, 3.63) is 113 Å². The van der Waals surface area contributed by atoms with Gasteiger partial charge in [0.2, 0.25) is 35.2 Å². The molecule has 1 unspecified atom stereocenters. The van der Waals surface area contributed by atoms with Crippen LogP contribution in [0.15, 0.2) is 84.9 Å². The average Bonchev–Trinajstić information content (AvgIpc) is 1.61. The Morgan fingerprint density at radius 1 is 0.560 bits per heavy atom. The zero-order chi connectivity index (χ0) is 97.0. The molecule has 4 aromatic rings. The Hall–Kier alpha value is -11.9. The zero-order valence-electron chi connectivity index (χ0n) is 78.4. The maximum atomic E-state index is 14.6. The number of ether oxygens (including phenoxy) is 13. The fourth-order valence-electron chi connectivity index (χ4n) is 15.2. The van der Waals surface area contributed by atoms with E-state index in [0.29, 0.717) is 73.0 Å². The van der Waals surface area contributed by atoms with Gasteiger partial charge in [-0.3, -0.25) is 57.6 Å². The van der Waals surface area contributed by atoms with Crippen LogP contribution in [0.3, 0.4) is 0 Å². The van der Waals surface area contributed by atoms with Crippen LogP contribution in [-0.4, -0.2) is 265 Å². The summed E-state index contributed by atoms with van der Waals surface area (Å²) in [6.45, 7) is 21.5. The molecule has 8 bridgehead atoms. The molecule has 37 nitrogen and oxygen atoms in total. The number of rotatable bonds is 8. The lowest BCUT2D eigenvalue weighted by Crippen LogP contribution is -2.50. The molecule has 0 spiro atoms. The molecule has 730 valence electrons. The number of carbonyl (C=O) groups excluding carboxylic acids is 14. The lowest BCUT2D eigenvalue weighted by Gasteiger charge is -2.31. The summed E-state index contributed by atoms with van der Waals surface area (Å²) in [5, 5.41) is 25.9. The molecule has 7 aliphatic heterocycles. The van der Waals surface area contributed by atoms with Crippen molar-refractivity contribution in [1.82, 2.24) is 25.8 Å². The van der Waals surface area contributed by atoms with Crippen LogP contribution in [0.2, 0.25) is 0 Å². The molecule has 134 heavy (non-hydrogen) atoms. The lowest BCUT2D eigenvalue weighted by atomic mass is 9.92. The first-order chi connectivity index (χ1) is 64.0. The number of anilines is 4. The molecule has 2 saturated heterocycles. The minimum absolute atomic E-state index is 0.0112. The van der Waals surface area contributed by atoms with Crippen molar-refractivity contribution in [3.63, 3.8) is 0 Å². The van der Waals surface area contributed by atoms with Crippen LogP contribution in [0.25, 0.3) is 0 Å². The summed E-state index contributed by atoms with van der Waals surface area (Å²) in [7, 11) is 1.42. The predicted octanol–water partition coefficient (Wildman–Crippen LogP) is 9.92. The molecule has 6 N–H and O–H groups in total. The number of hydrogen-bond donors (Lipinski definition) is 6. The van der Waals surface area contributed by atoms with Gasteiger partial charge in [-0.25, -0.2) is 19.3 Å². The molecule has 0 aliphatic carbocycles. The van der Waals surface area contributed by atoms with Gasteiger partial charge >= 0.3 is 24.2 Å². The molecule has 7 aliphatic rings. The monoisotopic (exact) mass is 1870 g/mol. The Balaban J connectivity index is 0.859. The largest absolute Gasteiger partial charge is 0.493 e. The Morgan fingerprint density at radius 2 is 1.09 bits per heavy atom. The smallest absolute Gasteiger partial charge is 0.416 e. The second kappa shape index (κ2) is 52.7. The fourth-order valence-corrected chi connectivity index (χ4v) is 15.2. The van der Waals surface area contributed by atoms with Gasteiger partial charge in [-0.1, -0.05) is 43.3 Å². The van der Waals surface area contributed by atoms with E-state index in [2.05, 4.69) is 45.0 Å². The van der Waals surface area contributed by atoms with E-state index >= 15 is 0 Å². The van der Waals surface area contributed by atoms with E-state index in [1.54, 1.807) is 121 Å². The van der Waals surface area contributed by atoms with Gasteiger partial charge in [0.15, 0.2) is 29.3 Å². The van der Waals surface area contributed by atoms with Crippen LogP contribution in [0.1, 0.15) is 196 Å². The molecule has 0 saturated carbocycles. The molecule has 4 aromatic carbocycles. The van der Waals surface area contributed by atoms with Crippen molar-refractivity contribution in [2.45, 2.75) is 220 Å². The number of methoxy groups -OCH3 is 1. The highest BCUT2D eigenvalue weighted by atomic mass is 16.6. The van der Waals surface area contributed by atoms with Gasteiger partial charge < -0.3 is 103 Å². The number of fused-ring (bicyclic) bond motifs is 4. The number of ketones is 4. The summed E-state index contributed by atoms with van der Waals surface area (Å²) in [5.41, 5.74) is 1.63. The molecule has 0 radical (unpaired) electrons. The number of hydrogen-bond acceptors (Lipinski definition) is 28. The number of Topliss-reactive ketones (excluding diaryl/α,β-unsaturated/α-hetero) is 4. The number of nitrogens with one attached hydrogen (secondary N) is 5. The number of nitrogens with zero attached hydrogens (tertiary/aromatic N) is 4. The number of unbranched alkanes of at least 4 members (excludes halogenated alkanes) is 1. The van der Waals surface area contributed by atoms with Crippen molar-refractivity contribution in [2.75, 3.05) is 146 Å². The van der Waals surface area contributed by atoms with Crippen molar-refractivity contribution < 1.29 is 134 Å². The van der Waals surface area contributed by atoms with Gasteiger partial charge in [0, 0.05) is 114 Å². The summed E-state index contributed by atoms with van der Waals surface area (Å²) in [4.78, 5) is 196. The molecule has 2 fully saturated rings. The summed E-state index contributed by atoms with van der Waals surface area (Å²) in [6.07, 6.45) is -1.91. The summed E-state index contributed by atoms with van der Waals surface area (Å²) < 4.78 is 74.8. The van der Waals surface area contributed by atoms with Gasteiger partial charge in [-0.05, 0) is 172 Å². The number of carbonyl (C=O) groups is 14. The number of aliphatic hydroxyl groups is 1. The van der Waals surface area contributed by atoms with Crippen LogP contribution >= 0.6 is 0 Å². The summed E-state index contributed by atoms with van der Waals surface area (Å²) in [6, 6.07) is 15.6. The van der Waals surface area contributed by atoms with Crippen LogP contribution in [0, 0.1) is 30.6 Å². The molecule has 37 heteroatoms. The lowest BCUT2D eigenvalue weighted by molar-refractivity contribution is -0.157. The first kappa shape index (κ1) is 106.